The summed E-state index contributed by atoms with van der Waals surface area (Å²) in [5, 5.41) is 14.9. The van der Waals surface area contributed by atoms with Gasteiger partial charge in [0, 0.05) is 11.3 Å². The number of nitrogens with one attached hydrogen (secondary N) is 1. The Bertz CT molecular complexity index is 1580. The average Bonchev–Trinajstić information content (AvgIpc) is 2.90. The molecule has 0 aliphatic carbocycles. The molecule has 4 rings (SSSR count). The predicted octanol–water partition coefficient (Wildman–Crippen LogP) is 7.89. The first-order valence-corrected chi connectivity index (χ1v) is 13.4. The molecule has 6 heteroatoms. The maximum atomic E-state index is 12.8. The number of benzene rings is 4. The van der Waals surface area contributed by atoms with Crippen LogP contribution in [0.3, 0.4) is 0 Å². The molecule has 1 amide bonds. The van der Waals surface area contributed by atoms with Crippen LogP contribution in [0.4, 0.5) is 5.69 Å². The molecule has 38 heavy (non-hydrogen) atoms. The predicted molar refractivity (Wildman–Crippen MR) is 161 cm³/mol. The van der Waals surface area contributed by atoms with Crippen LogP contribution in [0, 0.1) is 35.7 Å². The fraction of sp³-hybridized carbons (Fsp3) is 0.188. The number of carbonyl (C=O) groups excluding carboxylic acids is 1. The van der Waals surface area contributed by atoms with Crippen LogP contribution < -0.4 is 14.8 Å². The van der Waals surface area contributed by atoms with Gasteiger partial charge in [0.25, 0.3) is 5.91 Å². The lowest BCUT2D eigenvalue weighted by atomic mass is 10.0. The zero-order valence-corrected chi connectivity index (χ0v) is 24.0. The van der Waals surface area contributed by atoms with Crippen molar-refractivity contribution in [2.75, 3.05) is 11.9 Å². The third-order valence-corrected chi connectivity index (χ3v) is 7.21. The van der Waals surface area contributed by atoms with Gasteiger partial charge in [0.15, 0.2) is 11.5 Å². The molecule has 0 aliphatic rings. The molecule has 0 atom stereocenters. The Morgan fingerprint density at radius 3 is 2.47 bits per heavy atom. The second kappa shape index (κ2) is 12.1. The standard InChI is InChI=1S/C32H29IN2O3/c1-5-37-30-17-23(15-25(18-34)32(36)35-26-13-11-20(2)22(4)14-26)16-29(33)31(30)38-19-28-21(3)10-12-24-8-6-7-9-27(24)28/h6-17H,5,19H2,1-4H3,(H,35,36)/b25-15+. The average molecular weight is 616 g/mol. The van der Waals surface area contributed by atoms with E-state index in [0.29, 0.717) is 36.0 Å². The number of hydrogen-bond donors (Lipinski definition) is 1. The van der Waals surface area contributed by atoms with Gasteiger partial charge in [0.05, 0.1) is 10.2 Å². The highest BCUT2D eigenvalue weighted by Gasteiger charge is 2.16. The summed E-state index contributed by atoms with van der Waals surface area (Å²) in [4.78, 5) is 12.8. The van der Waals surface area contributed by atoms with E-state index < -0.39 is 5.91 Å². The van der Waals surface area contributed by atoms with Crippen molar-refractivity contribution in [3.05, 3.63) is 104 Å². The highest BCUT2D eigenvalue weighted by Crippen LogP contribution is 2.36. The van der Waals surface area contributed by atoms with Gasteiger partial charge in [-0.05, 0) is 114 Å². The van der Waals surface area contributed by atoms with Crippen molar-refractivity contribution in [3.63, 3.8) is 0 Å². The largest absolute Gasteiger partial charge is 0.490 e. The number of anilines is 1. The maximum absolute atomic E-state index is 12.8. The summed E-state index contributed by atoms with van der Waals surface area (Å²) in [6, 6.07) is 23.9. The van der Waals surface area contributed by atoms with Crippen LogP contribution >= 0.6 is 22.6 Å². The zero-order valence-electron chi connectivity index (χ0n) is 21.9. The van der Waals surface area contributed by atoms with Gasteiger partial charge in [-0.15, -0.1) is 0 Å². The Hall–Kier alpha value is -3.83. The van der Waals surface area contributed by atoms with Crippen molar-refractivity contribution in [1.82, 2.24) is 0 Å². The lowest BCUT2D eigenvalue weighted by molar-refractivity contribution is -0.112. The molecule has 0 saturated heterocycles. The van der Waals surface area contributed by atoms with Crippen LogP contribution in [-0.2, 0) is 11.4 Å². The van der Waals surface area contributed by atoms with Crippen LogP contribution in [0.25, 0.3) is 16.8 Å². The van der Waals surface area contributed by atoms with E-state index >= 15 is 0 Å². The van der Waals surface area contributed by atoms with Gasteiger partial charge in [-0.25, -0.2) is 0 Å². The van der Waals surface area contributed by atoms with Gasteiger partial charge < -0.3 is 14.8 Å². The molecule has 5 nitrogen and oxygen atoms in total. The number of carbonyl (C=O) groups is 1. The Morgan fingerprint density at radius 1 is 0.974 bits per heavy atom. The maximum Gasteiger partial charge on any atom is 0.266 e. The molecule has 0 aromatic heterocycles. The molecular formula is C32H29IN2O3. The van der Waals surface area contributed by atoms with Gasteiger partial charge >= 0.3 is 0 Å². The minimum Gasteiger partial charge on any atom is -0.490 e. The Kier molecular flexibility index (Phi) is 8.70. The van der Waals surface area contributed by atoms with Crippen LogP contribution in [-0.4, -0.2) is 12.5 Å². The number of halogens is 1. The van der Waals surface area contributed by atoms with Gasteiger partial charge in [-0.2, -0.15) is 5.26 Å². The normalized spacial score (nSPS) is 11.2. The van der Waals surface area contributed by atoms with E-state index in [2.05, 4.69) is 59.1 Å². The number of aryl methyl sites for hydroxylation is 3. The van der Waals surface area contributed by atoms with E-state index in [1.165, 1.54) is 5.39 Å². The zero-order chi connectivity index (χ0) is 27.2. The fourth-order valence-corrected chi connectivity index (χ4v) is 4.97. The third kappa shape index (κ3) is 6.17. The summed E-state index contributed by atoms with van der Waals surface area (Å²) in [5.74, 6) is 0.737. The number of ether oxygens (including phenoxy) is 2. The van der Waals surface area contributed by atoms with Crippen LogP contribution in [0.2, 0.25) is 0 Å². The number of nitriles is 1. The van der Waals surface area contributed by atoms with E-state index in [1.807, 2.05) is 63.2 Å². The van der Waals surface area contributed by atoms with Crippen molar-refractivity contribution >= 4 is 51.0 Å². The van der Waals surface area contributed by atoms with Crippen LogP contribution in [0.1, 0.15) is 34.7 Å². The molecule has 0 saturated carbocycles. The molecule has 0 spiro atoms. The first kappa shape index (κ1) is 27.2. The Balaban J connectivity index is 1.61. The van der Waals surface area contributed by atoms with Gasteiger partial charge in [0.1, 0.15) is 18.2 Å². The molecule has 0 unspecified atom stereocenters. The third-order valence-electron chi connectivity index (χ3n) is 6.41. The first-order valence-electron chi connectivity index (χ1n) is 12.4. The van der Waals surface area contributed by atoms with E-state index in [0.717, 1.165) is 31.2 Å². The lowest BCUT2D eigenvalue weighted by Gasteiger charge is -2.17. The van der Waals surface area contributed by atoms with Crippen molar-refractivity contribution in [2.45, 2.75) is 34.3 Å². The van der Waals surface area contributed by atoms with Gasteiger partial charge in [0.2, 0.25) is 0 Å². The fourth-order valence-electron chi connectivity index (χ4n) is 4.19. The lowest BCUT2D eigenvalue weighted by Crippen LogP contribution is -2.13. The molecule has 0 radical (unpaired) electrons. The second-order valence-electron chi connectivity index (χ2n) is 9.06. The second-order valence-corrected chi connectivity index (χ2v) is 10.2. The number of nitrogens with zero attached hydrogens (tertiary/aromatic N) is 1. The molecule has 0 heterocycles. The highest BCUT2D eigenvalue weighted by atomic mass is 127. The molecule has 192 valence electrons. The summed E-state index contributed by atoms with van der Waals surface area (Å²) >= 11 is 2.20. The monoisotopic (exact) mass is 616 g/mol. The van der Waals surface area contributed by atoms with Crippen molar-refractivity contribution in [2.24, 2.45) is 0 Å². The molecule has 0 bridgehead atoms. The molecule has 4 aromatic rings. The van der Waals surface area contributed by atoms with Crippen LogP contribution in [0.5, 0.6) is 11.5 Å². The molecule has 1 N–H and O–H groups in total. The summed E-state index contributed by atoms with van der Waals surface area (Å²) in [6.07, 6.45) is 1.57. The number of fused-ring (bicyclic) bond motifs is 1. The SMILES string of the molecule is CCOc1cc(/C=C(\C#N)C(=O)Nc2ccc(C)c(C)c2)cc(I)c1OCc1c(C)ccc2ccccc12. The van der Waals surface area contributed by atoms with E-state index in [9.17, 15) is 10.1 Å². The highest BCUT2D eigenvalue weighted by molar-refractivity contribution is 14.1. The summed E-state index contributed by atoms with van der Waals surface area (Å²) < 4.78 is 13.1. The molecule has 0 fully saturated rings. The number of hydrogen-bond acceptors (Lipinski definition) is 4. The number of amides is 1. The first-order chi connectivity index (χ1) is 18.3. The number of rotatable bonds is 8. The minimum absolute atomic E-state index is 0.00141. The Morgan fingerprint density at radius 2 is 1.74 bits per heavy atom. The van der Waals surface area contributed by atoms with Gasteiger partial charge in [-0.3, -0.25) is 4.79 Å². The summed E-state index contributed by atoms with van der Waals surface area (Å²) in [6.45, 7) is 8.82. The van der Waals surface area contributed by atoms with Crippen molar-refractivity contribution in [3.8, 4) is 17.6 Å². The quantitative estimate of drug-likeness (QED) is 0.124. The smallest absolute Gasteiger partial charge is 0.266 e. The van der Waals surface area contributed by atoms with E-state index in [1.54, 1.807) is 12.1 Å². The van der Waals surface area contributed by atoms with Gasteiger partial charge in [-0.1, -0.05) is 42.5 Å². The topological polar surface area (TPSA) is 71.3 Å². The summed E-state index contributed by atoms with van der Waals surface area (Å²) in [5.41, 5.74) is 5.81. The molecular weight excluding hydrogens is 587 g/mol. The molecule has 4 aromatic carbocycles. The Labute approximate surface area is 237 Å². The molecule has 0 aliphatic heterocycles. The minimum atomic E-state index is -0.463. The van der Waals surface area contributed by atoms with Crippen LogP contribution in [0.15, 0.2) is 72.3 Å². The summed E-state index contributed by atoms with van der Waals surface area (Å²) in [7, 11) is 0. The van der Waals surface area contributed by atoms with E-state index in [-0.39, 0.29) is 5.57 Å². The van der Waals surface area contributed by atoms with E-state index in [4.69, 9.17) is 9.47 Å². The van der Waals surface area contributed by atoms with Crippen molar-refractivity contribution < 1.29 is 14.3 Å². The van der Waals surface area contributed by atoms with Crippen molar-refractivity contribution in [1.29, 1.82) is 5.26 Å².